The molecule has 3 aromatic rings. The normalized spacial score (nSPS) is 16.2. The Balaban J connectivity index is 1.73. The molecule has 1 fully saturated rings. The molecule has 0 radical (unpaired) electrons. The van der Waals surface area contributed by atoms with Crippen LogP contribution in [0.2, 0.25) is 0 Å². The molecule has 1 N–H and O–H groups in total. The van der Waals surface area contributed by atoms with Gasteiger partial charge in [-0.3, -0.25) is 9.59 Å². The number of carbonyl (C=O) groups is 2. The number of amides is 1. The minimum Gasteiger partial charge on any atom is -0.507 e. The van der Waals surface area contributed by atoms with E-state index in [9.17, 15) is 14.7 Å². The molecule has 1 heterocycles. The summed E-state index contributed by atoms with van der Waals surface area (Å²) in [5, 5.41) is 11.4. The van der Waals surface area contributed by atoms with Crippen LogP contribution in [0.1, 0.15) is 28.3 Å². The maximum Gasteiger partial charge on any atom is 0.295 e. The highest BCUT2D eigenvalue weighted by atomic mass is 16.5. The van der Waals surface area contributed by atoms with Crippen molar-refractivity contribution in [3.63, 3.8) is 0 Å². The molecule has 1 atom stereocenters. The first-order valence-corrected chi connectivity index (χ1v) is 12.7. The van der Waals surface area contributed by atoms with Gasteiger partial charge in [-0.05, 0) is 54.4 Å². The number of ketones is 1. The van der Waals surface area contributed by atoms with E-state index in [1.54, 1.807) is 36.4 Å². The Bertz CT molecular complexity index is 1390. The number of benzene rings is 3. The summed E-state index contributed by atoms with van der Waals surface area (Å²) in [7, 11) is 5.95. The van der Waals surface area contributed by atoms with Crippen molar-refractivity contribution in [3.05, 3.63) is 88.5 Å². The smallest absolute Gasteiger partial charge is 0.295 e. The fourth-order valence-corrected chi connectivity index (χ4v) is 4.74. The topological polar surface area (TPSA) is 104 Å². The molecular weight excluding hydrogens is 514 g/mol. The van der Waals surface area contributed by atoms with Crippen LogP contribution in [0.3, 0.4) is 0 Å². The summed E-state index contributed by atoms with van der Waals surface area (Å²) in [6.45, 7) is 2.73. The van der Waals surface area contributed by atoms with Gasteiger partial charge in [-0.2, -0.15) is 0 Å². The molecule has 9 nitrogen and oxygen atoms in total. The van der Waals surface area contributed by atoms with E-state index in [0.29, 0.717) is 40.7 Å². The standard InChI is InChI=1S/C31H33NO8/c1-19-7-6-8-20(15-19)18-40-23-11-9-21(10-12-23)28(33)26-27(32(13-14-36-2)31(35)29(26)34)22-16-24(37-3)30(39-5)25(17-22)38-4/h6-12,15-17,27,33H,13-14,18H2,1-5H3/b28-26+/t27-/m0/s1. The number of aliphatic hydroxyl groups is 1. The first-order valence-electron chi connectivity index (χ1n) is 12.7. The number of ether oxygens (including phenoxy) is 5. The lowest BCUT2D eigenvalue weighted by Gasteiger charge is -2.26. The molecule has 40 heavy (non-hydrogen) atoms. The molecule has 3 aromatic carbocycles. The van der Waals surface area contributed by atoms with Crippen LogP contribution in [-0.4, -0.2) is 63.3 Å². The van der Waals surface area contributed by atoms with Gasteiger partial charge in [-0.1, -0.05) is 29.8 Å². The fourth-order valence-electron chi connectivity index (χ4n) is 4.74. The second-order valence-electron chi connectivity index (χ2n) is 9.25. The van der Waals surface area contributed by atoms with E-state index < -0.39 is 17.7 Å². The van der Waals surface area contributed by atoms with Crippen LogP contribution in [-0.2, 0) is 20.9 Å². The third-order valence-corrected chi connectivity index (χ3v) is 6.69. The lowest BCUT2D eigenvalue weighted by Crippen LogP contribution is -2.32. The van der Waals surface area contributed by atoms with Gasteiger partial charge < -0.3 is 33.7 Å². The summed E-state index contributed by atoms with van der Waals surface area (Å²) in [5.41, 5.74) is 3.00. The number of likely N-dealkylation sites (tertiary alicyclic amines) is 1. The van der Waals surface area contributed by atoms with Crippen LogP contribution >= 0.6 is 0 Å². The van der Waals surface area contributed by atoms with E-state index in [2.05, 4.69) is 0 Å². The van der Waals surface area contributed by atoms with Gasteiger partial charge in [-0.15, -0.1) is 0 Å². The SMILES string of the molecule is COCCN1C(=O)C(=O)/C(=C(/O)c2ccc(OCc3cccc(C)c3)cc2)[C@@H]1c1cc(OC)c(OC)c(OC)c1. The van der Waals surface area contributed by atoms with E-state index in [1.165, 1.54) is 33.3 Å². The first kappa shape index (κ1) is 28.5. The second-order valence-corrected chi connectivity index (χ2v) is 9.25. The Morgan fingerprint density at radius 3 is 2.15 bits per heavy atom. The Labute approximate surface area is 233 Å². The molecule has 0 unspecified atom stereocenters. The number of aliphatic hydroxyl groups excluding tert-OH is 1. The molecule has 1 aliphatic rings. The highest BCUT2D eigenvalue weighted by Gasteiger charge is 2.46. The van der Waals surface area contributed by atoms with Gasteiger partial charge in [0.1, 0.15) is 18.1 Å². The Hall–Kier alpha value is -4.50. The highest BCUT2D eigenvalue weighted by molar-refractivity contribution is 6.46. The van der Waals surface area contributed by atoms with Crippen LogP contribution in [0.15, 0.2) is 66.2 Å². The van der Waals surface area contributed by atoms with Gasteiger partial charge in [0.05, 0.1) is 39.6 Å². The minimum atomic E-state index is -0.916. The van der Waals surface area contributed by atoms with E-state index in [-0.39, 0.29) is 24.5 Å². The summed E-state index contributed by atoms with van der Waals surface area (Å²) >= 11 is 0. The fraction of sp³-hybridized carbons (Fsp3) is 0.290. The largest absolute Gasteiger partial charge is 0.507 e. The summed E-state index contributed by atoms with van der Waals surface area (Å²) in [6.07, 6.45) is 0. The predicted octanol–water partition coefficient (Wildman–Crippen LogP) is 4.67. The van der Waals surface area contributed by atoms with Crippen LogP contribution in [0.25, 0.3) is 5.76 Å². The van der Waals surface area contributed by atoms with Crippen molar-refractivity contribution in [1.29, 1.82) is 0 Å². The van der Waals surface area contributed by atoms with Crippen LogP contribution in [0.4, 0.5) is 0 Å². The number of hydrogen-bond acceptors (Lipinski definition) is 8. The molecule has 9 heteroatoms. The van der Waals surface area contributed by atoms with Gasteiger partial charge in [0.15, 0.2) is 11.5 Å². The second kappa shape index (κ2) is 12.6. The van der Waals surface area contributed by atoms with E-state index >= 15 is 0 Å². The Morgan fingerprint density at radius 1 is 0.900 bits per heavy atom. The number of hydrogen-bond donors (Lipinski definition) is 1. The zero-order valence-corrected chi connectivity index (χ0v) is 23.2. The molecular formula is C31H33NO8. The van der Waals surface area contributed by atoms with Crippen LogP contribution in [0, 0.1) is 6.92 Å². The van der Waals surface area contributed by atoms with Gasteiger partial charge in [0, 0.05) is 19.2 Å². The predicted molar refractivity (Wildman–Crippen MR) is 149 cm³/mol. The zero-order chi connectivity index (χ0) is 28.8. The summed E-state index contributed by atoms with van der Waals surface area (Å²) in [6, 6.07) is 17.1. The van der Waals surface area contributed by atoms with Crippen molar-refractivity contribution in [2.24, 2.45) is 0 Å². The van der Waals surface area contributed by atoms with Crippen molar-refractivity contribution in [2.45, 2.75) is 19.6 Å². The maximum atomic E-state index is 13.3. The lowest BCUT2D eigenvalue weighted by molar-refractivity contribution is -0.140. The quantitative estimate of drug-likeness (QED) is 0.210. The van der Waals surface area contributed by atoms with Gasteiger partial charge >= 0.3 is 0 Å². The summed E-state index contributed by atoms with van der Waals surface area (Å²) in [4.78, 5) is 27.8. The molecule has 4 rings (SSSR count). The van der Waals surface area contributed by atoms with Crippen molar-refractivity contribution in [1.82, 2.24) is 4.90 Å². The number of carbonyl (C=O) groups excluding carboxylic acids is 2. The van der Waals surface area contributed by atoms with E-state index in [1.807, 2.05) is 31.2 Å². The highest BCUT2D eigenvalue weighted by Crippen LogP contribution is 2.45. The number of rotatable bonds is 11. The average molecular weight is 548 g/mol. The molecule has 0 bridgehead atoms. The first-order chi connectivity index (χ1) is 19.3. The summed E-state index contributed by atoms with van der Waals surface area (Å²) < 4.78 is 27.5. The lowest BCUT2D eigenvalue weighted by atomic mass is 9.94. The molecule has 0 saturated carbocycles. The maximum absolute atomic E-state index is 13.3. The molecule has 0 spiro atoms. The number of nitrogens with zero attached hydrogens (tertiary/aromatic N) is 1. The molecule has 0 aromatic heterocycles. The van der Waals surface area contributed by atoms with E-state index in [0.717, 1.165) is 11.1 Å². The third-order valence-electron chi connectivity index (χ3n) is 6.69. The minimum absolute atomic E-state index is 0.0520. The van der Waals surface area contributed by atoms with Crippen molar-refractivity contribution < 1.29 is 38.4 Å². The number of methoxy groups -OCH3 is 4. The van der Waals surface area contributed by atoms with Gasteiger partial charge in [0.25, 0.3) is 11.7 Å². The third kappa shape index (κ3) is 5.74. The van der Waals surface area contributed by atoms with Crippen molar-refractivity contribution in [2.75, 3.05) is 41.6 Å². The summed E-state index contributed by atoms with van der Waals surface area (Å²) in [5.74, 6) is -0.179. The molecule has 1 amide bonds. The molecule has 210 valence electrons. The van der Waals surface area contributed by atoms with Crippen LogP contribution in [0.5, 0.6) is 23.0 Å². The van der Waals surface area contributed by atoms with Gasteiger partial charge in [0.2, 0.25) is 5.75 Å². The van der Waals surface area contributed by atoms with E-state index in [4.69, 9.17) is 23.7 Å². The Morgan fingerprint density at radius 2 is 1.57 bits per heavy atom. The van der Waals surface area contributed by atoms with Crippen molar-refractivity contribution in [3.8, 4) is 23.0 Å². The zero-order valence-electron chi connectivity index (χ0n) is 23.2. The van der Waals surface area contributed by atoms with Crippen molar-refractivity contribution >= 4 is 17.4 Å². The molecule has 0 aliphatic carbocycles. The average Bonchev–Trinajstić information content (AvgIpc) is 3.23. The Kier molecular flexibility index (Phi) is 8.96. The monoisotopic (exact) mass is 547 g/mol. The molecule has 1 aliphatic heterocycles. The van der Waals surface area contributed by atoms with Crippen LogP contribution < -0.4 is 18.9 Å². The number of aryl methyl sites for hydroxylation is 1. The molecule has 1 saturated heterocycles. The number of Topliss-reactive ketones (excluding diaryl/α,β-unsaturated/α-hetero) is 1. The van der Waals surface area contributed by atoms with Gasteiger partial charge in [-0.25, -0.2) is 0 Å².